The fourth-order valence-electron chi connectivity index (χ4n) is 2.26. The van der Waals surface area contributed by atoms with Crippen LogP contribution in [0.15, 0.2) is 23.1 Å². The number of sulfonamides is 1. The highest BCUT2D eigenvalue weighted by atomic mass is 32.2. The first-order valence-electron chi connectivity index (χ1n) is 7.14. The molecule has 1 unspecified atom stereocenters. The van der Waals surface area contributed by atoms with Crippen LogP contribution in [0.2, 0.25) is 0 Å². The number of aliphatic hydroxyl groups excluding tert-OH is 1. The molecule has 2 rings (SSSR count). The SMILES string of the molecule is Cc1ccc(S(=O)(=O)NCC(C)C2CC2)c(C#CCO)c1. The Morgan fingerprint density at radius 2 is 2.14 bits per heavy atom. The third-order valence-electron chi connectivity index (χ3n) is 3.75. The molecular formula is C16H21NO3S. The predicted molar refractivity (Wildman–Crippen MR) is 82.2 cm³/mol. The van der Waals surface area contributed by atoms with E-state index in [9.17, 15) is 8.42 Å². The molecule has 0 aromatic heterocycles. The van der Waals surface area contributed by atoms with Gasteiger partial charge >= 0.3 is 0 Å². The Morgan fingerprint density at radius 1 is 1.43 bits per heavy atom. The first-order chi connectivity index (χ1) is 9.94. The van der Waals surface area contributed by atoms with Crippen LogP contribution in [0.3, 0.4) is 0 Å². The molecule has 1 fully saturated rings. The lowest BCUT2D eigenvalue weighted by Crippen LogP contribution is -2.29. The van der Waals surface area contributed by atoms with E-state index in [1.165, 1.54) is 12.8 Å². The largest absolute Gasteiger partial charge is 0.384 e. The molecule has 0 aliphatic heterocycles. The van der Waals surface area contributed by atoms with Crippen molar-refractivity contribution in [1.82, 2.24) is 4.72 Å². The molecule has 114 valence electrons. The zero-order chi connectivity index (χ0) is 15.5. The molecule has 1 saturated carbocycles. The van der Waals surface area contributed by atoms with Crippen molar-refractivity contribution < 1.29 is 13.5 Å². The van der Waals surface area contributed by atoms with E-state index in [1.54, 1.807) is 18.2 Å². The molecule has 1 aromatic carbocycles. The normalized spacial score (nSPS) is 16.1. The predicted octanol–water partition coefficient (Wildman–Crippen LogP) is 1.66. The maximum atomic E-state index is 12.4. The minimum Gasteiger partial charge on any atom is -0.384 e. The van der Waals surface area contributed by atoms with E-state index in [1.807, 2.05) is 6.92 Å². The first-order valence-corrected chi connectivity index (χ1v) is 8.62. The average Bonchev–Trinajstić information content (AvgIpc) is 3.27. The van der Waals surface area contributed by atoms with Gasteiger partial charge in [0, 0.05) is 12.1 Å². The summed E-state index contributed by atoms with van der Waals surface area (Å²) in [5, 5.41) is 8.80. The summed E-state index contributed by atoms with van der Waals surface area (Å²) in [4.78, 5) is 0.178. The maximum absolute atomic E-state index is 12.4. The van der Waals surface area contributed by atoms with Crippen molar-refractivity contribution in [3.05, 3.63) is 29.3 Å². The van der Waals surface area contributed by atoms with Gasteiger partial charge in [0.25, 0.3) is 0 Å². The van der Waals surface area contributed by atoms with Crippen molar-refractivity contribution in [2.45, 2.75) is 31.6 Å². The van der Waals surface area contributed by atoms with Crippen LogP contribution in [0.4, 0.5) is 0 Å². The highest BCUT2D eigenvalue weighted by Crippen LogP contribution is 2.36. The van der Waals surface area contributed by atoms with Gasteiger partial charge in [0.2, 0.25) is 10.0 Å². The summed E-state index contributed by atoms with van der Waals surface area (Å²) in [6.45, 7) is 4.11. The number of nitrogens with one attached hydrogen (secondary N) is 1. The lowest BCUT2D eigenvalue weighted by molar-refractivity contribution is 0.350. The van der Waals surface area contributed by atoms with Gasteiger partial charge in [-0.15, -0.1) is 0 Å². The lowest BCUT2D eigenvalue weighted by atomic mass is 10.1. The summed E-state index contributed by atoms with van der Waals surface area (Å²) in [5.41, 5.74) is 1.36. The molecule has 21 heavy (non-hydrogen) atoms. The molecule has 1 aliphatic carbocycles. The minimum absolute atomic E-state index is 0.178. The zero-order valence-electron chi connectivity index (χ0n) is 12.4. The number of aryl methyl sites for hydroxylation is 1. The molecule has 0 saturated heterocycles. The molecule has 1 aliphatic rings. The van der Waals surface area contributed by atoms with Crippen molar-refractivity contribution >= 4 is 10.0 Å². The Kier molecular flexibility index (Phi) is 5.04. The molecule has 0 amide bonds. The quantitative estimate of drug-likeness (QED) is 0.813. The Labute approximate surface area is 126 Å². The Bertz CT molecular complexity index is 666. The van der Waals surface area contributed by atoms with Crippen LogP contribution >= 0.6 is 0 Å². The molecule has 0 spiro atoms. The van der Waals surface area contributed by atoms with E-state index in [0.717, 1.165) is 5.56 Å². The monoisotopic (exact) mass is 307 g/mol. The van der Waals surface area contributed by atoms with E-state index in [0.29, 0.717) is 23.9 Å². The third kappa shape index (κ3) is 4.31. The molecule has 5 heteroatoms. The smallest absolute Gasteiger partial charge is 0.241 e. The molecule has 0 bridgehead atoms. The van der Waals surface area contributed by atoms with Crippen LogP contribution < -0.4 is 4.72 Å². The van der Waals surface area contributed by atoms with Gasteiger partial charge in [-0.25, -0.2) is 13.1 Å². The summed E-state index contributed by atoms with van der Waals surface area (Å²) in [6.07, 6.45) is 2.39. The van der Waals surface area contributed by atoms with Crippen LogP contribution in [0, 0.1) is 30.6 Å². The Balaban J connectivity index is 2.21. The fraction of sp³-hybridized carbons (Fsp3) is 0.500. The van der Waals surface area contributed by atoms with Crippen molar-refractivity contribution in [2.75, 3.05) is 13.2 Å². The van der Waals surface area contributed by atoms with E-state index in [2.05, 4.69) is 23.5 Å². The second-order valence-electron chi connectivity index (χ2n) is 5.63. The second-order valence-corrected chi connectivity index (χ2v) is 7.36. The number of benzene rings is 1. The minimum atomic E-state index is -3.57. The summed E-state index contributed by atoms with van der Waals surface area (Å²) >= 11 is 0. The maximum Gasteiger partial charge on any atom is 0.241 e. The number of rotatable bonds is 5. The van der Waals surface area contributed by atoms with Crippen LogP contribution in [-0.2, 0) is 10.0 Å². The van der Waals surface area contributed by atoms with Crippen molar-refractivity contribution in [1.29, 1.82) is 0 Å². The van der Waals surface area contributed by atoms with Crippen molar-refractivity contribution in [3.8, 4) is 11.8 Å². The molecule has 2 N–H and O–H groups in total. The number of aliphatic hydroxyl groups is 1. The molecular weight excluding hydrogens is 286 g/mol. The first kappa shape index (κ1) is 16.0. The van der Waals surface area contributed by atoms with Gasteiger partial charge in [-0.2, -0.15) is 0 Å². The van der Waals surface area contributed by atoms with Gasteiger partial charge in [0.05, 0.1) is 4.90 Å². The average molecular weight is 307 g/mol. The zero-order valence-corrected chi connectivity index (χ0v) is 13.2. The number of hydrogen-bond donors (Lipinski definition) is 2. The third-order valence-corrected chi connectivity index (χ3v) is 5.23. The van der Waals surface area contributed by atoms with E-state index in [-0.39, 0.29) is 11.5 Å². The molecule has 0 heterocycles. The second kappa shape index (κ2) is 6.61. The topological polar surface area (TPSA) is 66.4 Å². The lowest BCUT2D eigenvalue weighted by Gasteiger charge is -2.13. The van der Waals surface area contributed by atoms with Gasteiger partial charge in [-0.1, -0.05) is 24.8 Å². The standard InChI is InChI=1S/C16H21NO3S/c1-12-5-8-16(15(10-12)4-3-9-18)21(19,20)17-11-13(2)14-6-7-14/h5,8,10,13-14,17-18H,6-7,9,11H2,1-2H3. The van der Waals surface area contributed by atoms with E-state index in [4.69, 9.17) is 5.11 Å². The van der Waals surface area contributed by atoms with Crippen molar-refractivity contribution in [2.24, 2.45) is 11.8 Å². The van der Waals surface area contributed by atoms with Crippen LogP contribution in [-0.4, -0.2) is 26.7 Å². The van der Waals surface area contributed by atoms with Gasteiger partial charge < -0.3 is 5.11 Å². The van der Waals surface area contributed by atoms with Gasteiger partial charge in [0.15, 0.2) is 0 Å². The Hall–Kier alpha value is -1.35. The van der Waals surface area contributed by atoms with Crippen LogP contribution in [0.5, 0.6) is 0 Å². The highest BCUT2D eigenvalue weighted by molar-refractivity contribution is 7.89. The van der Waals surface area contributed by atoms with Gasteiger partial charge in [0.1, 0.15) is 6.61 Å². The van der Waals surface area contributed by atoms with Crippen LogP contribution in [0.1, 0.15) is 30.9 Å². The summed E-state index contributed by atoms with van der Waals surface area (Å²) < 4.78 is 27.5. The highest BCUT2D eigenvalue weighted by Gasteiger charge is 2.29. The molecule has 4 nitrogen and oxygen atoms in total. The summed E-state index contributed by atoms with van der Waals surface area (Å²) in [5.74, 6) is 6.23. The fourth-order valence-corrected chi connectivity index (χ4v) is 3.55. The van der Waals surface area contributed by atoms with Crippen molar-refractivity contribution in [3.63, 3.8) is 0 Å². The van der Waals surface area contributed by atoms with Gasteiger partial charge in [-0.3, -0.25) is 0 Å². The van der Waals surface area contributed by atoms with Crippen LogP contribution in [0.25, 0.3) is 0 Å². The summed E-state index contributed by atoms with van der Waals surface area (Å²) in [6, 6.07) is 5.05. The summed E-state index contributed by atoms with van der Waals surface area (Å²) in [7, 11) is -3.57. The molecule has 1 atom stereocenters. The van der Waals surface area contributed by atoms with E-state index >= 15 is 0 Å². The van der Waals surface area contributed by atoms with Gasteiger partial charge in [-0.05, 0) is 49.3 Å². The molecule has 1 aromatic rings. The molecule has 0 radical (unpaired) electrons. The Morgan fingerprint density at radius 3 is 2.76 bits per heavy atom. The number of hydrogen-bond acceptors (Lipinski definition) is 3. The van der Waals surface area contributed by atoms with E-state index < -0.39 is 10.0 Å².